The molecule has 0 bridgehead atoms. The van der Waals surface area contributed by atoms with E-state index in [0.29, 0.717) is 35.6 Å². The van der Waals surface area contributed by atoms with Crippen LogP contribution in [-0.4, -0.2) is 23.2 Å². The van der Waals surface area contributed by atoms with E-state index in [0.717, 1.165) is 27.8 Å². The number of ether oxygens (including phenoxy) is 1. The Balaban J connectivity index is 1.51. The molecular formula is C23H17NO4S. The average molecular weight is 403 g/mol. The molecule has 4 rings (SSSR count). The Morgan fingerprint density at radius 2 is 1.72 bits per heavy atom. The van der Waals surface area contributed by atoms with Gasteiger partial charge in [-0.3, -0.25) is 19.0 Å². The topological polar surface area (TPSA) is 65.4 Å². The fraction of sp³-hybridized carbons (Fsp3) is 0.0870. The van der Waals surface area contributed by atoms with Gasteiger partial charge in [0.15, 0.2) is 5.78 Å². The zero-order valence-electron chi connectivity index (χ0n) is 15.4. The largest absolute Gasteiger partial charge is 0.492 e. The number of carbonyl (C=O) groups excluding carboxylic acids is 2. The van der Waals surface area contributed by atoms with Gasteiger partial charge < -0.3 is 4.74 Å². The van der Waals surface area contributed by atoms with Crippen molar-refractivity contribution in [3.63, 3.8) is 0 Å². The molecule has 0 aliphatic heterocycles. The number of thiazole rings is 1. The molecular weight excluding hydrogens is 386 g/mol. The van der Waals surface area contributed by atoms with Gasteiger partial charge >= 0.3 is 4.87 Å². The first kappa shape index (κ1) is 18.8. The summed E-state index contributed by atoms with van der Waals surface area (Å²) in [6, 6.07) is 21.2. The maximum Gasteiger partial charge on any atom is 0.308 e. The molecule has 5 nitrogen and oxygen atoms in total. The minimum atomic E-state index is -0.0933. The highest BCUT2D eigenvalue weighted by molar-refractivity contribution is 7.16. The number of carbonyl (C=O) groups is 2. The minimum Gasteiger partial charge on any atom is -0.492 e. The van der Waals surface area contributed by atoms with Crippen molar-refractivity contribution in [3.8, 4) is 5.75 Å². The van der Waals surface area contributed by atoms with Crippen molar-refractivity contribution in [3.05, 3.63) is 99.2 Å². The summed E-state index contributed by atoms with van der Waals surface area (Å²) >= 11 is 1.12. The zero-order chi connectivity index (χ0) is 20.2. The predicted molar refractivity (Wildman–Crippen MR) is 113 cm³/mol. The number of rotatable bonds is 7. The lowest BCUT2D eigenvalue weighted by atomic mass is 10.0. The molecule has 0 saturated heterocycles. The van der Waals surface area contributed by atoms with Crippen LogP contribution in [0, 0.1) is 0 Å². The number of ketones is 1. The lowest BCUT2D eigenvalue weighted by molar-refractivity contribution is 0.103. The molecule has 29 heavy (non-hydrogen) atoms. The summed E-state index contributed by atoms with van der Waals surface area (Å²) in [6.45, 7) is 0.705. The Hall–Kier alpha value is -3.51. The highest BCUT2D eigenvalue weighted by atomic mass is 32.1. The molecule has 3 aromatic carbocycles. The molecule has 0 aliphatic rings. The van der Waals surface area contributed by atoms with E-state index in [9.17, 15) is 14.4 Å². The lowest BCUT2D eigenvalue weighted by Gasteiger charge is -2.08. The number of nitrogens with zero attached hydrogens (tertiary/aromatic N) is 1. The van der Waals surface area contributed by atoms with Crippen molar-refractivity contribution >= 4 is 33.6 Å². The number of aromatic nitrogens is 1. The summed E-state index contributed by atoms with van der Waals surface area (Å²) in [5.41, 5.74) is 2.54. The molecule has 1 heterocycles. The summed E-state index contributed by atoms with van der Waals surface area (Å²) in [5.74, 6) is 0.570. The Labute approximate surface area is 170 Å². The van der Waals surface area contributed by atoms with E-state index in [1.807, 2.05) is 24.3 Å². The number of hydrogen-bond acceptors (Lipinski definition) is 5. The second kappa shape index (κ2) is 8.24. The van der Waals surface area contributed by atoms with Crippen molar-refractivity contribution in [1.82, 2.24) is 4.57 Å². The quantitative estimate of drug-likeness (QED) is 0.343. The smallest absolute Gasteiger partial charge is 0.308 e. The van der Waals surface area contributed by atoms with Crippen molar-refractivity contribution < 1.29 is 14.3 Å². The van der Waals surface area contributed by atoms with Gasteiger partial charge in [0.25, 0.3) is 0 Å². The van der Waals surface area contributed by atoms with Crippen LogP contribution in [0.5, 0.6) is 5.75 Å². The van der Waals surface area contributed by atoms with Gasteiger partial charge in [-0.15, -0.1) is 0 Å². The lowest BCUT2D eigenvalue weighted by Crippen LogP contribution is -2.17. The summed E-state index contributed by atoms with van der Waals surface area (Å²) in [4.78, 5) is 35.7. The van der Waals surface area contributed by atoms with Crippen LogP contribution < -0.4 is 9.61 Å². The van der Waals surface area contributed by atoms with Gasteiger partial charge in [-0.25, -0.2) is 0 Å². The standard InChI is InChI=1S/C23H17NO4S/c25-15-16-6-9-19(10-7-16)28-13-12-24-20-11-8-18(14-21(20)29-23(24)27)22(26)17-4-2-1-3-5-17/h1-11,14-15H,12-13H2. The molecule has 0 aliphatic carbocycles. The van der Waals surface area contributed by atoms with Gasteiger partial charge in [-0.05, 0) is 42.5 Å². The average Bonchev–Trinajstić information content (AvgIpc) is 3.08. The summed E-state index contributed by atoms with van der Waals surface area (Å²) in [5, 5.41) is 0. The second-order valence-corrected chi connectivity index (χ2v) is 7.43. The van der Waals surface area contributed by atoms with Crippen LogP contribution in [0.2, 0.25) is 0 Å². The van der Waals surface area contributed by atoms with E-state index in [-0.39, 0.29) is 10.7 Å². The summed E-state index contributed by atoms with van der Waals surface area (Å²) in [6.07, 6.45) is 0.775. The molecule has 0 atom stereocenters. The Morgan fingerprint density at radius 3 is 2.45 bits per heavy atom. The third-order valence-electron chi connectivity index (χ3n) is 4.57. The van der Waals surface area contributed by atoms with Gasteiger partial charge in [0.2, 0.25) is 0 Å². The highest BCUT2D eigenvalue weighted by Crippen LogP contribution is 2.21. The van der Waals surface area contributed by atoms with Crippen LogP contribution in [0.25, 0.3) is 10.2 Å². The predicted octanol–water partition coefficient (Wildman–Crippen LogP) is 4.19. The van der Waals surface area contributed by atoms with Crippen molar-refractivity contribution in [2.24, 2.45) is 0 Å². The van der Waals surface area contributed by atoms with Crippen molar-refractivity contribution in [2.75, 3.05) is 6.61 Å². The Bertz CT molecular complexity index is 1220. The van der Waals surface area contributed by atoms with Crippen molar-refractivity contribution in [1.29, 1.82) is 0 Å². The van der Waals surface area contributed by atoms with E-state index in [1.165, 1.54) is 0 Å². The Kier molecular flexibility index (Phi) is 5.35. The molecule has 4 aromatic rings. The fourth-order valence-corrected chi connectivity index (χ4v) is 4.03. The number of hydrogen-bond donors (Lipinski definition) is 0. The zero-order valence-corrected chi connectivity index (χ0v) is 16.2. The minimum absolute atomic E-state index is 0.0676. The number of aldehydes is 1. The van der Waals surface area contributed by atoms with E-state index in [4.69, 9.17) is 4.74 Å². The summed E-state index contributed by atoms with van der Waals surface area (Å²) in [7, 11) is 0. The monoisotopic (exact) mass is 403 g/mol. The normalized spacial score (nSPS) is 10.8. The van der Waals surface area contributed by atoms with Crippen LogP contribution in [0.1, 0.15) is 26.3 Å². The second-order valence-electron chi connectivity index (χ2n) is 6.43. The number of fused-ring (bicyclic) bond motifs is 1. The number of benzene rings is 3. The maximum atomic E-state index is 12.6. The third-order valence-corrected chi connectivity index (χ3v) is 5.51. The van der Waals surface area contributed by atoms with E-state index in [2.05, 4.69) is 0 Å². The molecule has 0 fully saturated rings. The Morgan fingerprint density at radius 1 is 0.966 bits per heavy atom. The molecule has 0 unspecified atom stereocenters. The van der Waals surface area contributed by atoms with E-state index in [1.54, 1.807) is 53.1 Å². The summed E-state index contributed by atoms with van der Waals surface area (Å²) < 4.78 is 8.10. The van der Waals surface area contributed by atoms with Gasteiger partial charge in [0.1, 0.15) is 18.6 Å². The first-order valence-electron chi connectivity index (χ1n) is 9.07. The van der Waals surface area contributed by atoms with Gasteiger partial charge in [-0.1, -0.05) is 41.7 Å². The SMILES string of the molecule is O=Cc1ccc(OCCn2c(=O)sc3cc(C(=O)c4ccccc4)ccc32)cc1. The van der Waals surface area contributed by atoms with Gasteiger partial charge in [-0.2, -0.15) is 0 Å². The van der Waals surface area contributed by atoms with Crippen LogP contribution in [0.3, 0.4) is 0 Å². The molecule has 1 aromatic heterocycles. The van der Waals surface area contributed by atoms with E-state index >= 15 is 0 Å². The molecule has 144 valence electrons. The van der Waals surface area contributed by atoms with E-state index < -0.39 is 0 Å². The molecule has 0 N–H and O–H groups in total. The van der Waals surface area contributed by atoms with Gasteiger partial charge in [0, 0.05) is 16.7 Å². The van der Waals surface area contributed by atoms with Crippen LogP contribution >= 0.6 is 11.3 Å². The molecule has 0 saturated carbocycles. The van der Waals surface area contributed by atoms with Crippen molar-refractivity contribution in [2.45, 2.75) is 6.54 Å². The third kappa shape index (κ3) is 4.02. The first-order chi connectivity index (χ1) is 14.2. The highest BCUT2D eigenvalue weighted by Gasteiger charge is 2.13. The van der Waals surface area contributed by atoms with Crippen LogP contribution in [-0.2, 0) is 6.54 Å². The van der Waals surface area contributed by atoms with Crippen LogP contribution in [0.4, 0.5) is 0 Å². The van der Waals surface area contributed by atoms with Crippen LogP contribution in [0.15, 0.2) is 77.6 Å². The molecule has 6 heteroatoms. The van der Waals surface area contributed by atoms with Gasteiger partial charge in [0.05, 0.1) is 16.8 Å². The molecule has 0 amide bonds. The molecule has 0 radical (unpaired) electrons. The maximum absolute atomic E-state index is 12.6. The molecule has 0 spiro atoms. The fourth-order valence-electron chi connectivity index (χ4n) is 3.07. The first-order valence-corrected chi connectivity index (χ1v) is 9.88.